The van der Waals surface area contributed by atoms with Crippen molar-refractivity contribution in [3.05, 3.63) is 0 Å². The van der Waals surface area contributed by atoms with E-state index in [-0.39, 0.29) is 5.48 Å². The molecule has 2 saturated carbocycles. The molecule has 0 aromatic carbocycles. The second-order valence-corrected chi connectivity index (χ2v) is 6.25. The molecule has 2 heteroatoms. The van der Waals surface area contributed by atoms with E-state index in [1.54, 1.807) is 0 Å². The van der Waals surface area contributed by atoms with Gasteiger partial charge in [0.15, 0.2) is 0 Å². The Kier molecular flexibility index (Phi) is 5.94. The summed E-state index contributed by atoms with van der Waals surface area (Å²) in [6.07, 6.45) is 15.0. The summed E-state index contributed by atoms with van der Waals surface area (Å²) in [5.74, 6) is 0. The summed E-state index contributed by atoms with van der Waals surface area (Å²) in [5, 5.41) is 0. The van der Waals surface area contributed by atoms with Crippen LogP contribution < -0.4 is 0 Å². The fraction of sp³-hybridized carbons (Fsp3) is 1.00. The van der Waals surface area contributed by atoms with Crippen LogP contribution in [0.15, 0.2) is 0 Å². The van der Waals surface area contributed by atoms with Gasteiger partial charge in [0, 0.05) is 0 Å². The Labute approximate surface area is 107 Å². The third-order valence-corrected chi connectivity index (χ3v) is 5.50. The van der Waals surface area contributed by atoms with Gasteiger partial charge in [0.05, 0.1) is 25.7 Å². The largest absolute Gasteiger partial charge is 0.870 e. The fourth-order valence-electron chi connectivity index (χ4n) is 4.16. The molecule has 0 aromatic heterocycles. The van der Waals surface area contributed by atoms with Gasteiger partial charge >= 0.3 is 0 Å². The maximum atomic E-state index is 2.56. The van der Waals surface area contributed by atoms with E-state index in [0.29, 0.717) is 0 Å². The minimum Gasteiger partial charge on any atom is -0.870 e. The number of nitrogens with zero attached hydrogens (tertiary/aromatic N) is 1. The van der Waals surface area contributed by atoms with Gasteiger partial charge in [-0.25, -0.2) is 0 Å². The van der Waals surface area contributed by atoms with E-state index in [1.165, 1.54) is 75.2 Å². The summed E-state index contributed by atoms with van der Waals surface area (Å²) in [4.78, 5) is 0. The predicted molar refractivity (Wildman–Crippen MR) is 72.4 cm³/mol. The minimum absolute atomic E-state index is 0. The molecule has 2 aliphatic rings. The fourth-order valence-corrected chi connectivity index (χ4v) is 4.16. The summed E-state index contributed by atoms with van der Waals surface area (Å²) < 4.78 is 1.40. The van der Waals surface area contributed by atoms with Crippen LogP contribution in [0.1, 0.15) is 71.1 Å². The standard InChI is InChI=1S/C15H30N.H2O/c1-3-16(2,14-10-6-4-7-11-14)15-12-8-5-9-13-15;/h14-15H,3-13H2,1-2H3;1H2/q+1;/p-1. The Balaban J connectivity index is 0.00000144. The van der Waals surface area contributed by atoms with Crippen molar-refractivity contribution in [2.45, 2.75) is 83.2 Å². The molecule has 1 N–H and O–H groups in total. The minimum atomic E-state index is 0. The monoisotopic (exact) mass is 241 g/mol. The molecule has 2 nitrogen and oxygen atoms in total. The highest BCUT2D eigenvalue weighted by atomic mass is 16.0. The predicted octanol–water partition coefficient (Wildman–Crippen LogP) is 3.94. The van der Waals surface area contributed by atoms with Gasteiger partial charge in [0.25, 0.3) is 0 Å². The van der Waals surface area contributed by atoms with Crippen LogP contribution >= 0.6 is 0 Å². The quantitative estimate of drug-likeness (QED) is 0.688. The van der Waals surface area contributed by atoms with Crippen molar-refractivity contribution in [1.82, 2.24) is 0 Å². The van der Waals surface area contributed by atoms with E-state index in [1.807, 2.05) is 0 Å². The molecule has 0 atom stereocenters. The van der Waals surface area contributed by atoms with Gasteiger partial charge in [-0.1, -0.05) is 12.8 Å². The van der Waals surface area contributed by atoms with Crippen LogP contribution in [0.2, 0.25) is 0 Å². The zero-order chi connectivity index (χ0) is 11.4. The molecule has 2 aliphatic carbocycles. The van der Waals surface area contributed by atoms with Crippen LogP contribution in [0.25, 0.3) is 0 Å². The van der Waals surface area contributed by atoms with E-state index in [9.17, 15) is 0 Å². The maximum absolute atomic E-state index is 2.56. The average molecular weight is 241 g/mol. The zero-order valence-electron chi connectivity index (χ0n) is 11.8. The average Bonchev–Trinajstić information content (AvgIpc) is 2.40. The van der Waals surface area contributed by atoms with Crippen LogP contribution in [-0.4, -0.2) is 35.6 Å². The Bertz CT molecular complexity index is 187. The van der Waals surface area contributed by atoms with Gasteiger partial charge in [0.2, 0.25) is 0 Å². The van der Waals surface area contributed by atoms with Crippen molar-refractivity contribution in [3.63, 3.8) is 0 Å². The summed E-state index contributed by atoms with van der Waals surface area (Å²) in [7, 11) is 2.56. The Morgan fingerprint density at radius 3 is 1.41 bits per heavy atom. The first-order chi connectivity index (χ1) is 7.77. The highest BCUT2D eigenvalue weighted by Crippen LogP contribution is 2.34. The van der Waals surface area contributed by atoms with Gasteiger partial charge in [-0.2, -0.15) is 0 Å². The topological polar surface area (TPSA) is 30.0 Å². The van der Waals surface area contributed by atoms with Crippen molar-refractivity contribution in [1.29, 1.82) is 0 Å². The first-order valence-corrected chi connectivity index (χ1v) is 7.62. The van der Waals surface area contributed by atoms with Crippen LogP contribution in [0.4, 0.5) is 0 Å². The molecule has 0 bridgehead atoms. The molecular formula is C15H31NO. The van der Waals surface area contributed by atoms with Gasteiger partial charge in [-0.05, 0) is 58.3 Å². The number of hydrogen-bond donors (Lipinski definition) is 0. The van der Waals surface area contributed by atoms with Gasteiger partial charge < -0.3 is 9.96 Å². The summed E-state index contributed by atoms with van der Waals surface area (Å²) in [5.41, 5.74) is 0. The van der Waals surface area contributed by atoms with Crippen molar-refractivity contribution < 1.29 is 9.96 Å². The number of hydrogen-bond acceptors (Lipinski definition) is 1. The van der Waals surface area contributed by atoms with Gasteiger partial charge in [-0.15, -0.1) is 0 Å². The zero-order valence-corrected chi connectivity index (χ0v) is 11.8. The Morgan fingerprint density at radius 1 is 0.765 bits per heavy atom. The molecule has 17 heavy (non-hydrogen) atoms. The molecule has 0 amide bonds. The summed E-state index contributed by atoms with van der Waals surface area (Å²) in [6, 6.07) is 1.98. The summed E-state index contributed by atoms with van der Waals surface area (Å²) in [6.45, 7) is 3.78. The molecule has 0 spiro atoms. The molecule has 0 aliphatic heterocycles. The molecule has 2 rings (SSSR count). The first kappa shape index (κ1) is 15.0. The van der Waals surface area contributed by atoms with Crippen LogP contribution in [0.3, 0.4) is 0 Å². The number of quaternary nitrogens is 1. The van der Waals surface area contributed by atoms with E-state index < -0.39 is 0 Å². The highest BCUT2D eigenvalue weighted by molar-refractivity contribution is 4.73. The first-order valence-electron chi connectivity index (χ1n) is 7.62. The molecule has 102 valence electrons. The molecule has 0 heterocycles. The second-order valence-electron chi connectivity index (χ2n) is 6.25. The van der Waals surface area contributed by atoms with Gasteiger partial charge in [-0.3, -0.25) is 0 Å². The van der Waals surface area contributed by atoms with Crippen molar-refractivity contribution in [2.24, 2.45) is 0 Å². The molecular weight excluding hydrogens is 210 g/mol. The normalized spacial score (nSPS) is 24.4. The third-order valence-electron chi connectivity index (χ3n) is 5.50. The van der Waals surface area contributed by atoms with Crippen LogP contribution in [-0.2, 0) is 0 Å². The third kappa shape index (κ3) is 3.23. The number of rotatable bonds is 3. The molecule has 0 unspecified atom stereocenters. The molecule has 0 radical (unpaired) electrons. The van der Waals surface area contributed by atoms with Crippen molar-refractivity contribution in [2.75, 3.05) is 13.6 Å². The van der Waals surface area contributed by atoms with Crippen LogP contribution in [0.5, 0.6) is 0 Å². The van der Waals surface area contributed by atoms with E-state index in [4.69, 9.17) is 0 Å². The highest BCUT2D eigenvalue weighted by Gasteiger charge is 2.39. The van der Waals surface area contributed by atoms with Crippen molar-refractivity contribution in [3.8, 4) is 0 Å². The van der Waals surface area contributed by atoms with Crippen molar-refractivity contribution >= 4 is 0 Å². The smallest absolute Gasteiger partial charge is 0.0890 e. The maximum Gasteiger partial charge on any atom is 0.0890 e. The molecule has 0 aromatic rings. The SMILES string of the molecule is CC[N+](C)(C1CCCCC1)C1CCCCC1.[OH-]. The van der Waals surface area contributed by atoms with E-state index in [2.05, 4.69) is 14.0 Å². The lowest BCUT2D eigenvalue weighted by Crippen LogP contribution is -2.59. The van der Waals surface area contributed by atoms with E-state index in [0.717, 1.165) is 12.1 Å². The van der Waals surface area contributed by atoms with Gasteiger partial charge in [0.1, 0.15) is 0 Å². The van der Waals surface area contributed by atoms with Crippen LogP contribution in [0, 0.1) is 0 Å². The lowest BCUT2D eigenvalue weighted by Gasteiger charge is -2.49. The molecule has 2 fully saturated rings. The Hall–Kier alpha value is -0.0800. The molecule has 0 saturated heterocycles. The Morgan fingerprint density at radius 2 is 1.12 bits per heavy atom. The van der Waals surface area contributed by atoms with E-state index >= 15 is 0 Å². The lowest BCUT2D eigenvalue weighted by molar-refractivity contribution is -0.957. The lowest BCUT2D eigenvalue weighted by atomic mass is 9.86. The summed E-state index contributed by atoms with van der Waals surface area (Å²) >= 11 is 0. The second kappa shape index (κ2) is 6.75.